The Balaban J connectivity index is 0.000000130. The van der Waals surface area contributed by atoms with Crippen LogP contribution in [0.15, 0.2) is 165 Å². The lowest BCUT2D eigenvalue weighted by atomic mass is 10.1. The average molecular weight is 1810 g/mol. The first kappa shape index (κ1) is 92.8. The number of morpholine rings is 4. The summed E-state index contributed by atoms with van der Waals surface area (Å²) in [5.74, 6) is 4.15. The van der Waals surface area contributed by atoms with Crippen LogP contribution in [-0.4, -0.2) is 302 Å². The van der Waals surface area contributed by atoms with Gasteiger partial charge in [0.25, 0.3) is 11.8 Å². The predicted molar refractivity (Wildman–Crippen MR) is 505 cm³/mol. The van der Waals surface area contributed by atoms with Crippen LogP contribution < -0.4 is 58.1 Å². The highest BCUT2D eigenvalue weighted by molar-refractivity contribution is 6.02. The molecule has 0 bridgehead atoms. The van der Waals surface area contributed by atoms with Crippen LogP contribution in [0.5, 0.6) is 23.9 Å². The van der Waals surface area contributed by atoms with Gasteiger partial charge in [0.2, 0.25) is 17.7 Å². The molecular formula is C97H120N24O12. The fourth-order valence-corrected chi connectivity index (χ4v) is 17.4. The largest absolute Gasteiger partial charge is 0.477 e. The van der Waals surface area contributed by atoms with Crippen molar-refractivity contribution in [3.8, 4) is 23.9 Å². The van der Waals surface area contributed by atoms with Crippen molar-refractivity contribution in [3.05, 3.63) is 226 Å². The smallest absolute Gasteiger partial charge is 0.320 e. The standard InChI is InChI=1S/C27H35N7O3.C26H32N6O3.C23H26N6O3.C21H27N5O3/c1-31(2)19-22-23-24(26(35)34(22)11-9-20-7-5-4-6-8-20)29-27(30-25(23)33-12-15-36-16-13-33)37-14-10-21-17-28-32(3)18-21;1-29-9-10-32(24(33)16-20-6-4-3-5-7-20)26-25(29)22(31-11-14-34-15-12-31)17-23(28-26)35-13-8-21-18-27-30(2)19-21;1-27-14-18(13-24-27)7-10-32-23-25-20-19(21(26-23)28-8-11-31-12-9-28)16-29(22(20)30)15-17-5-3-2-4-6-17;1-24-10-11-26(17(27)9-8-16-6-4-3-5-7-16)20-18(24)19(22-21(23-20)28-2)25-12-14-29-15-13-25/h4-8,17-18,22H,9-16,19H2,1-3H3;3-7,17-19H,8-16H2,1-2H3;2-6,13-14H,7-12,15-16H2,1H3;3-7H,8-15H2,1-2H3. The van der Waals surface area contributed by atoms with Crippen molar-refractivity contribution in [2.75, 3.05) is 239 Å². The molecule has 133 heavy (non-hydrogen) atoms. The van der Waals surface area contributed by atoms with Crippen molar-refractivity contribution >= 4 is 69.8 Å². The number of carbonyl (C=O) groups is 4. The maximum atomic E-state index is 13.8. The summed E-state index contributed by atoms with van der Waals surface area (Å²) in [6, 6.07) is 42.8. The number of pyridine rings is 1. The number of aryl methyl sites for hydroxylation is 4. The molecule has 8 aliphatic rings. The number of hydrogen-bond acceptors (Lipinski definition) is 29. The number of hydrogen-bond donors (Lipinski definition) is 0. The topological polar surface area (TPSA) is 321 Å². The lowest BCUT2D eigenvalue weighted by Gasteiger charge is -2.39. The van der Waals surface area contributed by atoms with Crippen LogP contribution in [0.25, 0.3) is 0 Å². The molecule has 4 aromatic carbocycles. The minimum absolute atomic E-state index is 0.0403. The van der Waals surface area contributed by atoms with Gasteiger partial charge in [-0.25, -0.2) is 0 Å². The quantitative estimate of drug-likeness (QED) is 0.0431. The molecule has 36 nitrogen and oxygen atoms in total. The number of rotatable bonds is 29. The van der Waals surface area contributed by atoms with E-state index >= 15 is 0 Å². The first-order chi connectivity index (χ1) is 64.9. The van der Waals surface area contributed by atoms with Gasteiger partial charge in [-0.15, -0.1) is 0 Å². The van der Waals surface area contributed by atoms with Gasteiger partial charge in [0.05, 0.1) is 129 Å². The highest BCUT2D eigenvalue weighted by Gasteiger charge is 2.44. The second kappa shape index (κ2) is 44.7. The van der Waals surface area contributed by atoms with E-state index in [4.69, 9.17) is 52.8 Å². The molecular weight excluding hydrogens is 1690 g/mol. The molecule has 8 aliphatic heterocycles. The zero-order valence-corrected chi connectivity index (χ0v) is 77.3. The maximum absolute atomic E-state index is 13.8. The number of methoxy groups -OCH3 is 1. The van der Waals surface area contributed by atoms with E-state index < -0.39 is 0 Å². The molecule has 0 aliphatic carbocycles. The zero-order valence-electron chi connectivity index (χ0n) is 77.3. The summed E-state index contributed by atoms with van der Waals surface area (Å²) >= 11 is 0. The molecule has 7 aromatic heterocycles. The molecule has 36 heteroatoms. The second-order valence-corrected chi connectivity index (χ2v) is 34.1. The van der Waals surface area contributed by atoms with Gasteiger partial charge in [0.15, 0.2) is 17.5 Å². The van der Waals surface area contributed by atoms with Gasteiger partial charge in [-0.2, -0.15) is 50.2 Å². The fraction of sp³-hybridized carbons (Fsp3) is 0.443. The molecule has 0 saturated carbocycles. The van der Waals surface area contributed by atoms with E-state index in [2.05, 4.69) is 88.7 Å². The number of amides is 4. The van der Waals surface area contributed by atoms with Crippen molar-refractivity contribution in [1.29, 1.82) is 0 Å². The molecule has 4 amide bonds. The summed E-state index contributed by atoms with van der Waals surface area (Å²) in [7, 11) is 15.4. The van der Waals surface area contributed by atoms with Crippen LogP contribution in [0, 0.1) is 0 Å². The Hall–Kier alpha value is -13.4. The Morgan fingerprint density at radius 2 is 0.872 bits per heavy atom. The number of benzene rings is 4. The lowest BCUT2D eigenvalue weighted by molar-refractivity contribution is -0.119. The number of ether oxygens (including phenoxy) is 8. The monoisotopic (exact) mass is 1810 g/mol. The summed E-state index contributed by atoms with van der Waals surface area (Å²) in [6.07, 6.45) is 15.8. The van der Waals surface area contributed by atoms with Crippen molar-refractivity contribution in [2.24, 2.45) is 21.1 Å². The predicted octanol–water partition coefficient (Wildman–Crippen LogP) is 7.83. The minimum atomic E-state index is -0.136. The third-order valence-corrected chi connectivity index (χ3v) is 24.4. The van der Waals surface area contributed by atoms with Crippen LogP contribution in [0.4, 0.5) is 46.2 Å². The molecule has 0 radical (unpaired) electrons. The third-order valence-electron chi connectivity index (χ3n) is 24.4. The van der Waals surface area contributed by atoms with Gasteiger partial charge in [0.1, 0.15) is 34.4 Å². The van der Waals surface area contributed by atoms with Crippen molar-refractivity contribution < 1.29 is 57.1 Å². The van der Waals surface area contributed by atoms with E-state index in [1.54, 1.807) is 26.1 Å². The number of fused-ring (bicyclic) bond motifs is 4. The van der Waals surface area contributed by atoms with E-state index in [9.17, 15) is 19.2 Å². The molecule has 19 rings (SSSR count). The lowest BCUT2D eigenvalue weighted by Crippen LogP contribution is -2.45. The molecule has 4 saturated heterocycles. The zero-order chi connectivity index (χ0) is 92.1. The molecule has 1 unspecified atom stereocenters. The van der Waals surface area contributed by atoms with Gasteiger partial charge in [0, 0.05) is 189 Å². The number of aromatic nitrogens is 13. The molecule has 0 spiro atoms. The number of nitrogens with zero attached hydrogens (tertiary/aromatic N) is 24. The van der Waals surface area contributed by atoms with E-state index in [1.807, 2.05) is 209 Å². The van der Waals surface area contributed by atoms with Crippen LogP contribution in [0.2, 0.25) is 0 Å². The minimum Gasteiger partial charge on any atom is -0.477 e. The average Bonchev–Trinajstić information content (AvgIpc) is 1.64. The van der Waals surface area contributed by atoms with Gasteiger partial charge in [-0.1, -0.05) is 121 Å². The van der Waals surface area contributed by atoms with Crippen LogP contribution in [0.3, 0.4) is 0 Å². The first-order valence-electron chi connectivity index (χ1n) is 45.8. The van der Waals surface area contributed by atoms with E-state index in [-0.39, 0.29) is 47.7 Å². The van der Waals surface area contributed by atoms with Crippen LogP contribution in [0.1, 0.15) is 83.5 Å². The fourth-order valence-electron chi connectivity index (χ4n) is 17.4. The van der Waals surface area contributed by atoms with Gasteiger partial charge >= 0.3 is 18.0 Å². The van der Waals surface area contributed by atoms with Crippen molar-refractivity contribution in [3.63, 3.8) is 0 Å². The Bertz CT molecular complexity index is 5690. The SMILES string of the molecule is CN(C)CC1c2c(nc(OCCc3cnn(C)c3)nc2N2CCOCC2)C(=O)N1CCc1ccccc1.CN1CCN(C(=O)Cc2ccccc2)c2nc(OCCc3cnn(C)c3)cc(N3CCOCC3)c21.COc1nc(N2CCOCC2)c2c(n1)N(C(=O)CCc1ccccc1)CCN2C.Cn1cc(CCOc2nc3c(c(N4CCOCC4)n2)CN(Cc2ccccc2)C3=O)cn1. The Morgan fingerprint density at radius 3 is 1.39 bits per heavy atom. The Labute approximate surface area is 775 Å². The van der Waals surface area contributed by atoms with Crippen LogP contribution in [-0.2, 0) is 101 Å². The maximum Gasteiger partial charge on any atom is 0.320 e. The van der Waals surface area contributed by atoms with Gasteiger partial charge < -0.3 is 82.0 Å². The molecule has 11 aromatic rings. The Morgan fingerprint density at radius 1 is 0.429 bits per heavy atom. The summed E-state index contributed by atoms with van der Waals surface area (Å²) in [4.78, 5) is 109. The normalized spacial score (nSPS) is 16.4. The second-order valence-electron chi connectivity index (χ2n) is 34.1. The number of anilines is 8. The molecule has 15 heterocycles. The van der Waals surface area contributed by atoms with Gasteiger partial charge in [-0.05, 0) is 65.9 Å². The van der Waals surface area contributed by atoms with Crippen molar-refractivity contribution in [1.82, 2.24) is 78.9 Å². The molecule has 4 fully saturated rings. The Kier molecular flexibility index (Phi) is 31.2. The van der Waals surface area contributed by atoms with E-state index in [0.29, 0.717) is 186 Å². The van der Waals surface area contributed by atoms with Crippen LogP contribution >= 0.6 is 0 Å². The highest BCUT2D eigenvalue weighted by atomic mass is 16.5. The first-order valence-corrected chi connectivity index (χ1v) is 45.8. The molecule has 700 valence electrons. The number of carbonyl (C=O) groups excluding carboxylic acids is 4. The molecule has 1 atom stereocenters. The summed E-state index contributed by atoms with van der Waals surface area (Å²) in [5.41, 5.74) is 13.2. The van der Waals surface area contributed by atoms with Gasteiger partial charge in [-0.3, -0.25) is 43.0 Å². The van der Waals surface area contributed by atoms with Crippen molar-refractivity contribution in [2.45, 2.75) is 64.1 Å². The molecule has 0 N–H and O–H groups in total. The number of likely N-dealkylation sites (N-methyl/N-ethyl adjacent to an activating group) is 3. The summed E-state index contributed by atoms with van der Waals surface area (Å²) in [6.45, 7) is 17.4. The third kappa shape index (κ3) is 23.6. The summed E-state index contributed by atoms with van der Waals surface area (Å²) < 4.78 is 50.9. The summed E-state index contributed by atoms with van der Waals surface area (Å²) in [5, 5.41) is 12.6. The highest BCUT2D eigenvalue weighted by Crippen LogP contribution is 2.45. The van der Waals surface area contributed by atoms with E-state index in [0.717, 1.165) is 144 Å². The van der Waals surface area contributed by atoms with E-state index in [1.165, 1.54) is 5.56 Å².